The maximum absolute atomic E-state index is 12.1. The number of nitrogens with one attached hydrogen (secondary N) is 1. The van der Waals surface area contributed by atoms with Crippen LogP contribution in [-0.2, 0) is 4.74 Å². The Bertz CT molecular complexity index is 201. The molecule has 1 atom stereocenters. The van der Waals surface area contributed by atoms with Crippen LogP contribution in [0.25, 0.3) is 0 Å². The maximum Gasteiger partial charge on any atom is 0.423 e. The number of halogens is 6. The van der Waals surface area contributed by atoms with Gasteiger partial charge in [0.15, 0.2) is 0 Å². The van der Waals surface area contributed by atoms with Crippen LogP contribution in [0.3, 0.4) is 0 Å². The van der Waals surface area contributed by atoms with E-state index >= 15 is 0 Å². The molecule has 1 N–H and O–H groups in total. The molecule has 0 amide bonds. The minimum absolute atomic E-state index is 0.0590. The average molecular weight is 267 g/mol. The van der Waals surface area contributed by atoms with Crippen molar-refractivity contribution in [2.75, 3.05) is 13.1 Å². The van der Waals surface area contributed by atoms with E-state index in [0.29, 0.717) is 6.54 Å². The molecule has 2 nitrogen and oxygen atoms in total. The molecule has 0 fully saturated rings. The number of hydrogen-bond acceptors (Lipinski definition) is 2. The van der Waals surface area contributed by atoms with Gasteiger partial charge in [-0.3, -0.25) is 0 Å². The van der Waals surface area contributed by atoms with E-state index < -0.39 is 24.6 Å². The van der Waals surface area contributed by atoms with E-state index in [1.54, 1.807) is 0 Å². The SMILES string of the molecule is CCCNCC(C)OC(C(F)(F)F)C(F)(F)F. The highest BCUT2D eigenvalue weighted by Gasteiger charge is 2.58. The van der Waals surface area contributed by atoms with Crippen molar-refractivity contribution >= 4 is 0 Å². The first-order valence-corrected chi connectivity index (χ1v) is 5.08. The molecule has 0 aromatic rings. The van der Waals surface area contributed by atoms with E-state index in [1.165, 1.54) is 0 Å². The predicted octanol–water partition coefficient (Wildman–Crippen LogP) is 2.88. The summed E-state index contributed by atoms with van der Waals surface area (Å²) in [6.45, 7) is 3.44. The lowest BCUT2D eigenvalue weighted by Gasteiger charge is -2.26. The molecule has 0 spiro atoms. The van der Waals surface area contributed by atoms with Crippen LogP contribution >= 0.6 is 0 Å². The third-order valence-corrected chi connectivity index (χ3v) is 1.82. The summed E-state index contributed by atoms with van der Waals surface area (Å²) < 4.78 is 76.6. The largest absolute Gasteiger partial charge is 0.423 e. The topological polar surface area (TPSA) is 21.3 Å². The van der Waals surface area contributed by atoms with E-state index in [-0.39, 0.29) is 6.54 Å². The highest BCUT2D eigenvalue weighted by Crippen LogP contribution is 2.36. The molecule has 1 unspecified atom stereocenters. The lowest BCUT2D eigenvalue weighted by molar-refractivity contribution is -0.329. The first-order chi connectivity index (χ1) is 7.59. The van der Waals surface area contributed by atoms with Gasteiger partial charge in [-0.05, 0) is 19.9 Å². The Kier molecular flexibility index (Phi) is 6.25. The average Bonchev–Trinajstić information content (AvgIpc) is 2.11. The van der Waals surface area contributed by atoms with Crippen LogP contribution in [0.2, 0.25) is 0 Å². The predicted molar refractivity (Wildman–Crippen MR) is 49.6 cm³/mol. The molecule has 0 aliphatic carbocycles. The Morgan fingerprint density at radius 3 is 1.88 bits per heavy atom. The van der Waals surface area contributed by atoms with Gasteiger partial charge in [0.1, 0.15) is 0 Å². The van der Waals surface area contributed by atoms with Gasteiger partial charge in [0, 0.05) is 6.54 Å². The summed E-state index contributed by atoms with van der Waals surface area (Å²) in [6.07, 6.45) is -15.1. The smallest absolute Gasteiger partial charge is 0.357 e. The Hall–Kier alpha value is -0.500. The van der Waals surface area contributed by atoms with Crippen molar-refractivity contribution in [2.45, 2.75) is 44.8 Å². The second-order valence-corrected chi connectivity index (χ2v) is 3.61. The molecule has 17 heavy (non-hydrogen) atoms. The summed E-state index contributed by atoms with van der Waals surface area (Å²) in [5.41, 5.74) is 0. The second kappa shape index (κ2) is 6.44. The fourth-order valence-corrected chi connectivity index (χ4v) is 1.10. The number of rotatable bonds is 6. The quantitative estimate of drug-likeness (QED) is 0.590. The fraction of sp³-hybridized carbons (Fsp3) is 1.00. The highest BCUT2D eigenvalue weighted by atomic mass is 19.4. The van der Waals surface area contributed by atoms with Gasteiger partial charge < -0.3 is 10.1 Å². The molecule has 0 aliphatic rings. The first-order valence-electron chi connectivity index (χ1n) is 5.08. The number of hydrogen-bond donors (Lipinski definition) is 1. The van der Waals surface area contributed by atoms with Gasteiger partial charge in [0.05, 0.1) is 6.10 Å². The molecule has 0 saturated carbocycles. The van der Waals surface area contributed by atoms with Gasteiger partial charge in [-0.2, -0.15) is 26.3 Å². The molecule has 0 heterocycles. The van der Waals surface area contributed by atoms with Crippen molar-refractivity contribution < 1.29 is 31.1 Å². The molecule has 0 rings (SSSR count). The van der Waals surface area contributed by atoms with Gasteiger partial charge in [-0.25, -0.2) is 0 Å². The van der Waals surface area contributed by atoms with Gasteiger partial charge in [0.25, 0.3) is 0 Å². The summed E-state index contributed by atoms with van der Waals surface area (Å²) in [6, 6.07) is 0. The highest BCUT2D eigenvalue weighted by molar-refractivity contribution is 4.77. The summed E-state index contributed by atoms with van der Waals surface area (Å²) in [4.78, 5) is 0. The third kappa shape index (κ3) is 6.72. The lowest BCUT2D eigenvalue weighted by atomic mass is 10.3. The summed E-state index contributed by atoms with van der Waals surface area (Å²) in [7, 11) is 0. The van der Waals surface area contributed by atoms with Crippen molar-refractivity contribution in [2.24, 2.45) is 0 Å². The van der Waals surface area contributed by atoms with Crippen LogP contribution < -0.4 is 5.32 Å². The summed E-state index contributed by atoms with van der Waals surface area (Å²) >= 11 is 0. The van der Waals surface area contributed by atoms with Crippen molar-refractivity contribution in [3.63, 3.8) is 0 Å². The molecule has 104 valence electrons. The molecule has 0 saturated heterocycles. The second-order valence-electron chi connectivity index (χ2n) is 3.61. The Morgan fingerprint density at radius 2 is 1.53 bits per heavy atom. The maximum atomic E-state index is 12.1. The fourth-order valence-electron chi connectivity index (χ4n) is 1.10. The minimum Gasteiger partial charge on any atom is -0.357 e. The van der Waals surface area contributed by atoms with E-state index in [0.717, 1.165) is 13.3 Å². The Morgan fingerprint density at radius 1 is 1.06 bits per heavy atom. The van der Waals surface area contributed by atoms with Crippen LogP contribution in [0.1, 0.15) is 20.3 Å². The molecular weight excluding hydrogens is 252 g/mol. The van der Waals surface area contributed by atoms with Crippen LogP contribution in [0.4, 0.5) is 26.3 Å². The molecule has 0 aromatic heterocycles. The van der Waals surface area contributed by atoms with Crippen LogP contribution in [0.15, 0.2) is 0 Å². The van der Waals surface area contributed by atoms with Gasteiger partial charge in [-0.15, -0.1) is 0 Å². The standard InChI is InChI=1S/C9H15F6NO/c1-3-4-16-5-6(2)17-7(8(10,11)12)9(13,14)15/h6-7,16H,3-5H2,1-2H3. The molecule has 0 aliphatic heterocycles. The normalized spacial score (nSPS) is 15.4. The minimum atomic E-state index is -5.45. The van der Waals surface area contributed by atoms with E-state index in [9.17, 15) is 26.3 Å². The zero-order valence-corrected chi connectivity index (χ0v) is 9.45. The Balaban J connectivity index is 4.36. The molecule has 0 bridgehead atoms. The van der Waals surface area contributed by atoms with Crippen molar-refractivity contribution in [3.8, 4) is 0 Å². The van der Waals surface area contributed by atoms with E-state index in [2.05, 4.69) is 10.1 Å². The molecular formula is C9H15F6NO. The van der Waals surface area contributed by atoms with Crippen molar-refractivity contribution in [3.05, 3.63) is 0 Å². The number of alkyl halides is 6. The molecule has 0 radical (unpaired) electrons. The molecule has 0 aromatic carbocycles. The Labute approximate surface area is 95.3 Å². The van der Waals surface area contributed by atoms with Gasteiger partial charge in [-0.1, -0.05) is 6.92 Å². The first kappa shape index (κ1) is 16.5. The van der Waals surface area contributed by atoms with Crippen LogP contribution in [0, 0.1) is 0 Å². The lowest BCUT2D eigenvalue weighted by Crippen LogP contribution is -2.47. The summed E-state index contributed by atoms with van der Waals surface area (Å²) in [5, 5.41) is 2.68. The number of ether oxygens (including phenoxy) is 1. The molecule has 8 heteroatoms. The van der Waals surface area contributed by atoms with Crippen molar-refractivity contribution in [1.29, 1.82) is 0 Å². The van der Waals surface area contributed by atoms with Crippen LogP contribution in [0.5, 0.6) is 0 Å². The van der Waals surface area contributed by atoms with Crippen molar-refractivity contribution in [1.82, 2.24) is 5.32 Å². The van der Waals surface area contributed by atoms with Crippen LogP contribution in [-0.4, -0.2) is 37.7 Å². The van der Waals surface area contributed by atoms with Gasteiger partial charge >= 0.3 is 12.4 Å². The zero-order chi connectivity index (χ0) is 13.7. The van der Waals surface area contributed by atoms with Gasteiger partial charge in [0.2, 0.25) is 6.10 Å². The van der Waals surface area contributed by atoms with E-state index in [4.69, 9.17) is 0 Å². The monoisotopic (exact) mass is 267 g/mol. The van der Waals surface area contributed by atoms with E-state index in [1.807, 2.05) is 6.92 Å². The third-order valence-electron chi connectivity index (χ3n) is 1.82. The summed E-state index contributed by atoms with van der Waals surface area (Å²) in [5.74, 6) is 0. The zero-order valence-electron chi connectivity index (χ0n) is 9.45.